The third-order valence-electron chi connectivity index (χ3n) is 4.89. The fourth-order valence-electron chi connectivity index (χ4n) is 3.35. The number of benzene rings is 1. The molecule has 1 fully saturated rings. The predicted octanol–water partition coefficient (Wildman–Crippen LogP) is 3.79. The lowest BCUT2D eigenvalue weighted by molar-refractivity contribution is 0.122. The van der Waals surface area contributed by atoms with Crippen LogP contribution in [0.3, 0.4) is 0 Å². The smallest absolute Gasteiger partial charge is 0.294 e. The van der Waals surface area contributed by atoms with Crippen LogP contribution in [0.15, 0.2) is 45.8 Å². The lowest BCUT2D eigenvalue weighted by Gasteiger charge is -2.25. The number of fused-ring (bicyclic) bond motifs is 1. The summed E-state index contributed by atoms with van der Waals surface area (Å²) in [5.74, 6) is 0.00804. The summed E-state index contributed by atoms with van der Waals surface area (Å²) < 4.78 is 27.1. The van der Waals surface area contributed by atoms with Gasteiger partial charge in [0.25, 0.3) is 5.56 Å². The first-order valence-electron chi connectivity index (χ1n) is 9.33. The Labute approximate surface area is 179 Å². The van der Waals surface area contributed by atoms with E-state index in [1.807, 2.05) is 0 Å². The molecule has 7 nitrogen and oxygen atoms in total. The predicted molar refractivity (Wildman–Crippen MR) is 113 cm³/mol. The number of anilines is 1. The van der Waals surface area contributed by atoms with Crippen molar-refractivity contribution in [3.05, 3.63) is 63.4 Å². The zero-order valence-corrected chi connectivity index (χ0v) is 17.2. The Bertz CT molecular complexity index is 1250. The van der Waals surface area contributed by atoms with Crippen LogP contribution in [0.1, 0.15) is 5.56 Å². The normalized spacial score (nSPS) is 14.5. The van der Waals surface area contributed by atoms with Gasteiger partial charge in [-0.1, -0.05) is 29.0 Å². The first-order valence-corrected chi connectivity index (χ1v) is 10.5. The van der Waals surface area contributed by atoms with Crippen LogP contribution < -0.4 is 10.5 Å². The van der Waals surface area contributed by atoms with Gasteiger partial charge in [-0.25, -0.2) is 14.1 Å². The Morgan fingerprint density at radius 2 is 2.03 bits per heavy atom. The van der Waals surface area contributed by atoms with Crippen LogP contribution >= 0.6 is 22.9 Å². The highest BCUT2D eigenvalue weighted by atomic mass is 35.5. The Balaban J connectivity index is 1.68. The monoisotopic (exact) mass is 446 g/mol. The Hall–Kier alpha value is -2.75. The summed E-state index contributed by atoms with van der Waals surface area (Å²) in [7, 11) is 0. The van der Waals surface area contributed by atoms with Crippen LogP contribution in [-0.4, -0.2) is 41.1 Å². The topological polar surface area (TPSA) is 73.4 Å². The van der Waals surface area contributed by atoms with Gasteiger partial charge in [-0.05, 0) is 24.3 Å². The quantitative estimate of drug-likeness (QED) is 0.475. The van der Waals surface area contributed by atoms with Crippen LogP contribution in [-0.2, 0) is 11.3 Å². The fourth-order valence-corrected chi connectivity index (χ4v) is 4.67. The second kappa shape index (κ2) is 7.82. The van der Waals surface area contributed by atoms with Crippen LogP contribution in [0.25, 0.3) is 21.7 Å². The molecule has 4 aromatic rings. The standard InChI is InChI=1S/C20H16ClFN4O3S/c21-13-3-1-4-14(22)12(13)11-26-19(27)17-18(16(24-26)15-5-2-8-29-15)30-20(23-17)25-6-9-28-10-7-25/h1-5,8H,6-7,9-11H2. The number of thiazole rings is 1. The zero-order chi connectivity index (χ0) is 20.7. The van der Waals surface area contributed by atoms with E-state index in [0.717, 1.165) is 5.13 Å². The molecule has 154 valence electrons. The minimum Gasteiger partial charge on any atom is -0.463 e. The molecule has 0 spiro atoms. The van der Waals surface area contributed by atoms with Gasteiger partial charge in [-0.3, -0.25) is 4.79 Å². The Morgan fingerprint density at radius 3 is 2.77 bits per heavy atom. The molecule has 3 aromatic heterocycles. The summed E-state index contributed by atoms with van der Waals surface area (Å²) in [5, 5.41) is 5.45. The van der Waals surface area contributed by atoms with Crippen molar-refractivity contribution in [2.24, 2.45) is 0 Å². The number of nitrogens with zero attached hydrogens (tertiary/aromatic N) is 4. The van der Waals surface area contributed by atoms with Gasteiger partial charge in [0, 0.05) is 23.7 Å². The molecule has 0 aliphatic carbocycles. The van der Waals surface area contributed by atoms with Crippen molar-refractivity contribution in [1.29, 1.82) is 0 Å². The molecule has 1 saturated heterocycles. The third kappa shape index (κ3) is 3.38. The van der Waals surface area contributed by atoms with E-state index in [1.54, 1.807) is 18.2 Å². The highest BCUT2D eigenvalue weighted by Gasteiger charge is 2.23. The number of aromatic nitrogens is 3. The number of hydrogen-bond acceptors (Lipinski definition) is 7. The van der Waals surface area contributed by atoms with Gasteiger partial charge in [0.1, 0.15) is 11.5 Å². The second-order valence-corrected chi connectivity index (χ2v) is 8.15. The first-order chi connectivity index (χ1) is 14.6. The maximum atomic E-state index is 14.3. The van der Waals surface area contributed by atoms with E-state index in [-0.39, 0.29) is 22.6 Å². The summed E-state index contributed by atoms with van der Waals surface area (Å²) in [4.78, 5) is 19.9. The van der Waals surface area contributed by atoms with Crippen molar-refractivity contribution >= 4 is 38.3 Å². The van der Waals surface area contributed by atoms with E-state index in [4.69, 9.17) is 20.8 Å². The number of rotatable bonds is 4. The van der Waals surface area contributed by atoms with Crippen molar-refractivity contribution in [2.75, 3.05) is 31.2 Å². The number of morpholine rings is 1. The molecular formula is C20H16ClFN4O3S. The van der Waals surface area contributed by atoms with E-state index in [9.17, 15) is 9.18 Å². The number of halogens is 2. The third-order valence-corrected chi connectivity index (χ3v) is 6.37. The average Bonchev–Trinajstić information content (AvgIpc) is 3.44. The van der Waals surface area contributed by atoms with Crippen molar-refractivity contribution < 1.29 is 13.5 Å². The number of ether oxygens (including phenoxy) is 1. The molecule has 0 atom stereocenters. The summed E-state index contributed by atoms with van der Waals surface area (Å²) in [5.41, 5.74) is 0.548. The van der Waals surface area contributed by atoms with Crippen molar-refractivity contribution in [2.45, 2.75) is 6.54 Å². The summed E-state index contributed by atoms with van der Waals surface area (Å²) >= 11 is 7.55. The first kappa shape index (κ1) is 19.2. The molecule has 0 radical (unpaired) electrons. The Kier molecular flexibility index (Phi) is 5.01. The molecule has 0 amide bonds. The number of furan rings is 1. The van der Waals surface area contributed by atoms with Crippen molar-refractivity contribution in [1.82, 2.24) is 14.8 Å². The van der Waals surface area contributed by atoms with Crippen LogP contribution in [0.2, 0.25) is 5.02 Å². The van der Waals surface area contributed by atoms with Crippen LogP contribution in [0.5, 0.6) is 0 Å². The van der Waals surface area contributed by atoms with E-state index < -0.39 is 11.4 Å². The highest BCUT2D eigenvalue weighted by molar-refractivity contribution is 7.22. The van der Waals surface area contributed by atoms with Gasteiger partial charge in [-0.2, -0.15) is 5.10 Å². The van der Waals surface area contributed by atoms with Gasteiger partial charge >= 0.3 is 0 Å². The molecule has 1 aliphatic heterocycles. The molecule has 1 aromatic carbocycles. The molecule has 0 unspecified atom stereocenters. The van der Waals surface area contributed by atoms with E-state index >= 15 is 0 Å². The summed E-state index contributed by atoms with van der Waals surface area (Å²) in [6.45, 7) is 2.49. The minimum absolute atomic E-state index is 0.113. The molecule has 1 aliphatic rings. The van der Waals surface area contributed by atoms with E-state index in [1.165, 1.54) is 34.4 Å². The summed E-state index contributed by atoms with van der Waals surface area (Å²) in [6, 6.07) is 7.91. The maximum Gasteiger partial charge on any atom is 0.294 e. The Morgan fingerprint density at radius 1 is 1.20 bits per heavy atom. The lowest BCUT2D eigenvalue weighted by Crippen LogP contribution is -2.36. The molecule has 0 bridgehead atoms. The van der Waals surface area contributed by atoms with Gasteiger partial charge in [0.15, 0.2) is 16.4 Å². The largest absolute Gasteiger partial charge is 0.463 e. The van der Waals surface area contributed by atoms with Gasteiger partial charge in [0.2, 0.25) is 0 Å². The zero-order valence-electron chi connectivity index (χ0n) is 15.7. The van der Waals surface area contributed by atoms with Crippen LogP contribution in [0.4, 0.5) is 9.52 Å². The van der Waals surface area contributed by atoms with E-state index in [0.29, 0.717) is 42.5 Å². The van der Waals surface area contributed by atoms with Crippen molar-refractivity contribution in [3.8, 4) is 11.5 Å². The molecule has 10 heteroatoms. The van der Waals surface area contributed by atoms with E-state index in [2.05, 4.69) is 15.0 Å². The molecule has 4 heterocycles. The van der Waals surface area contributed by atoms with Crippen molar-refractivity contribution in [3.63, 3.8) is 0 Å². The molecule has 0 N–H and O–H groups in total. The molecule has 5 rings (SSSR count). The van der Waals surface area contributed by atoms with Crippen LogP contribution in [0, 0.1) is 5.82 Å². The molecule has 30 heavy (non-hydrogen) atoms. The van der Waals surface area contributed by atoms with Gasteiger partial charge in [-0.15, -0.1) is 0 Å². The molecular weight excluding hydrogens is 431 g/mol. The SMILES string of the molecule is O=c1c2nc(N3CCOCC3)sc2c(-c2ccco2)nn1Cc1c(F)cccc1Cl. The fraction of sp³-hybridized carbons (Fsp3) is 0.250. The summed E-state index contributed by atoms with van der Waals surface area (Å²) in [6.07, 6.45) is 1.54. The maximum absolute atomic E-state index is 14.3. The molecule has 0 saturated carbocycles. The average molecular weight is 447 g/mol. The van der Waals surface area contributed by atoms with Gasteiger partial charge < -0.3 is 14.1 Å². The van der Waals surface area contributed by atoms with Gasteiger partial charge in [0.05, 0.1) is 30.7 Å². The lowest BCUT2D eigenvalue weighted by atomic mass is 10.2. The highest BCUT2D eigenvalue weighted by Crippen LogP contribution is 2.34. The second-order valence-electron chi connectivity index (χ2n) is 6.76. The minimum atomic E-state index is -0.497. The number of hydrogen-bond donors (Lipinski definition) is 0.